The second-order valence-corrected chi connectivity index (χ2v) is 8.68. The van der Waals surface area contributed by atoms with Crippen molar-refractivity contribution in [2.75, 3.05) is 6.61 Å². The van der Waals surface area contributed by atoms with E-state index in [1.54, 1.807) is 24.3 Å². The molecule has 5 rings (SSSR count). The number of allylic oxidation sites excluding steroid dienone is 1. The van der Waals surface area contributed by atoms with Crippen LogP contribution in [-0.2, 0) is 17.1 Å². The molecule has 0 saturated heterocycles. The van der Waals surface area contributed by atoms with Gasteiger partial charge >= 0.3 is 17.1 Å². The molecule has 0 unspecified atom stereocenters. The minimum atomic E-state index is 0. The molecule has 0 aromatic heterocycles. The van der Waals surface area contributed by atoms with E-state index in [1.807, 2.05) is 81.3 Å². The Labute approximate surface area is 239 Å². The van der Waals surface area contributed by atoms with Crippen molar-refractivity contribution < 1.29 is 32.0 Å². The van der Waals surface area contributed by atoms with Gasteiger partial charge in [0.2, 0.25) is 0 Å². The molecule has 2 N–H and O–H groups in total. The van der Waals surface area contributed by atoms with Gasteiger partial charge in [0.15, 0.2) is 0 Å². The molecule has 192 valence electrons. The molecule has 0 aliphatic heterocycles. The smallest absolute Gasteiger partial charge is 0.508 e. The molecular weight excluding hydrogens is 512 g/mol. The average molecular weight is 544 g/mol. The number of hydrogen-bond acceptors (Lipinski definition) is 3. The SMILES string of the molecule is CC/C(=C(\c1ccc(O)cc1)c1ccc(OCC[C]2[CH][CH][CH][CH]2)cc1)c1ccc(O)cc1.[CH]1[CH][CH][CH][CH]1.[Fe+2]. The Kier molecular flexibility index (Phi) is 12.3. The molecule has 0 heterocycles. The van der Waals surface area contributed by atoms with Gasteiger partial charge in [0.25, 0.3) is 0 Å². The number of rotatable bonds is 8. The van der Waals surface area contributed by atoms with Gasteiger partial charge < -0.3 is 14.9 Å². The fourth-order valence-corrected chi connectivity index (χ4v) is 4.24. The molecule has 4 heteroatoms. The van der Waals surface area contributed by atoms with E-state index in [0.717, 1.165) is 40.9 Å². The van der Waals surface area contributed by atoms with Crippen LogP contribution in [0.5, 0.6) is 17.2 Å². The predicted molar refractivity (Wildman–Crippen MR) is 151 cm³/mol. The number of aromatic hydroxyl groups is 2. The number of hydrogen-bond donors (Lipinski definition) is 2. The molecule has 0 atom stereocenters. The molecule has 3 aromatic rings. The van der Waals surface area contributed by atoms with Crippen LogP contribution in [0.2, 0.25) is 0 Å². The summed E-state index contributed by atoms with van der Waals surface area (Å²) in [7, 11) is 0. The second-order valence-electron chi connectivity index (χ2n) is 8.68. The summed E-state index contributed by atoms with van der Waals surface area (Å²) in [5.41, 5.74) is 5.42. The summed E-state index contributed by atoms with van der Waals surface area (Å²) in [5, 5.41) is 19.5. The molecule has 10 radical (unpaired) electrons. The largest absolute Gasteiger partial charge is 2.00 e. The quantitative estimate of drug-likeness (QED) is 0.226. The normalized spacial score (nSPS) is 15.7. The minimum Gasteiger partial charge on any atom is -0.508 e. The van der Waals surface area contributed by atoms with Gasteiger partial charge in [0.05, 0.1) is 6.61 Å². The van der Waals surface area contributed by atoms with Gasteiger partial charge in [-0.1, -0.05) is 43.3 Å². The van der Waals surface area contributed by atoms with Crippen molar-refractivity contribution in [2.45, 2.75) is 19.8 Å². The molecule has 0 spiro atoms. The molecule has 0 bridgehead atoms. The third-order valence-corrected chi connectivity index (χ3v) is 6.12. The summed E-state index contributed by atoms with van der Waals surface area (Å²) in [4.78, 5) is 0. The van der Waals surface area contributed by atoms with Crippen LogP contribution in [0, 0.1) is 63.7 Å². The van der Waals surface area contributed by atoms with E-state index in [-0.39, 0.29) is 28.6 Å². The van der Waals surface area contributed by atoms with Gasteiger partial charge in [-0.2, -0.15) is 0 Å². The van der Waals surface area contributed by atoms with Crippen LogP contribution in [0.4, 0.5) is 0 Å². The number of phenolic OH excluding ortho intramolecular Hbond substituents is 2. The first kappa shape index (κ1) is 29.9. The van der Waals surface area contributed by atoms with E-state index in [9.17, 15) is 10.2 Å². The Morgan fingerprint density at radius 3 is 1.53 bits per heavy atom. The Bertz CT molecular complexity index is 1100. The van der Waals surface area contributed by atoms with Gasteiger partial charge in [-0.3, -0.25) is 0 Å². The van der Waals surface area contributed by atoms with E-state index in [1.165, 1.54) is 11.5 Å². The van der Waals surface area contributed by atoms with Crippen LogP contribution in [0.3, 0.4) is 0 Å². The van der Waals surface area contributed by atoms with Crippen molar-refractivity contribution >= 4 is 11.1 Å². The molecule has 38 heavy (non-hydrogen) atoms. The van der Waals surface area contributed by atoms with Crippen LogP contribution < -0.4 is 4.74 Å². The summed E-state index contributed by atoms with van der Waals surface area (Å²) in [6.45, 7) is 2.77. The summed E-state index contributed by atoms with van der Waals surface area (Å²) in [5.74, 6) is 2.61. The zero-order valence-corrected chi connectivity index (χ0v) is 22.5. The fourth-order valence-electron chi connectivity index (χ4n) is 4.24. The van der Waals surface area contributed by atoms with Crippen LogP contribution in [-0.4, -0.2) is 16.8 Å². The number of phenols is 2. The van der Waals surface area contributed by atoms with Crippen molar-refractivity contribution in [3.05, 3.63) is 153 Å². The first-order valence-electron chi connectivity index (χ1n) is 12.6. The summed E-state index contributed by atoms with van der Waals surface area (Å²) >= 11 is 0. The summed E-state index contributed by atoms with van der Waals surface area (Å²) in [6.07, 6.45) is 20.0. The van der Waals surface area contributed by atoms with Crippen molar-refractivity contribution in [1.29, 1.82) is 0 Å². The van der Waals surface area contributed by atoms with Crippen molar-refractivity contribution in [3.8, 4) is 17.2 Å². The van der Waals surface area contributed by atoms with Gasteiger partial charge in [-0.25, -0.2) is 0 Å². The molecule has 0 amide bonds. The zero-order valence-electron chi connectivity index (χ0n) is 21.4. The monoisotopic (exact) mass is 544 g/mol. The maximum absolute atomic E-state index is 9.78. The summed E-state index contributed by atoms with van der Waals surface area (Å²) in [6, 6.07) is 22.8. The number of ether oxygens (including phenoxy) is 1. The predicted octanol–water partition coefficient (Wildman–Crippen LogP) is 7.66. The number of benzene rings is 3. The Morgan fingerprint density at radius 2 is 1.05 bits per heavy atom. The third-order valence-electron chi connectivity index (χ3n) is 6.12. The Hall–Kier alpha value is -2.68. The first-order chi connectivity index (χ1) is 18.1. The topological polar surface area (TPSA) is 49.7 Å². The Balaban J connectivity index is 0.000000598. The standard InChI is InChI=1S/C29H27O3.C5H5.Fe/c1-2-28(22-7-13-25(30)14-8-22)29(23-9-15-26(31)16-10-23)24-11-17-27(18-12-24)32-20-19-21-5-3-4-6-21;1-2-4-5-3-1;/h3-18,30-31H,2,19-20H2,1H3;1-5H;/q;;+2/b29-28-;;. The minimum absolute atomic E-state index is 0. The summed E-state index contributed by atoms with van der Waals surface area (Å²) < 4.78 is 5.94. The van der Waals surface area contributed by atoms with Crippen LogP contribution >= 0.6 is 0 Å². The Morgan fingerprint density at radius 1 is 0.605 bits per heavy atom. The maximum atomic E-state index is 9.78. The first-order valence-corrected chi connectivity index (χ1v) is 12.6. The van der Waals surface area contributed by atoms with E-state index >= 15 is 0 Å². The molecule has 2 aliphatic carbocycles. The van der Waals surface area contributed by atoms with Gasteiger partial charge in [-0.15, -0.1) is 0 Å². The van der Waals surface area contributed by atoms with E-state index in [4.69, 9.17) is 4.74 Å². The van der Waals surface area contributed by atoms with Gasteiger partial charge in [0, 0.05) is 0 Å². The molecule has 3 aromatic carbocycles. The van der Waals surface area contributed by atoms with Crippen LogP contribution in [0.25, 0.3) is 11.1 Å². The van der Waals surface area contributed by atoms with Gasteiger partial charge in [-0.05, 0) is 141 Å². The second kappa shape index (κ2) is 15.7. The van der Waals surface area contributed by atoms with E-state index < -0.39 is 0 Å². The zero-order chi connectivity index (χ0) is 25.9. The van der Waals surface area contributed by atoms with E-state index in [0.29, 0.717) is 6.61 Å². The van der Waals surface area contributed by atoms with E-state index in [2.05, 4.69) is 31.9 Å². The van der Waals surface area contributed by atoms with Crippen molar-refractivity contribution in [3.63, 3.8) is 0 Å². The molecular formula is C34H32FeO3+2. The third kappa shape index (κ3) is 8.68. The van der Waals surface area contributed by atoms with Gasteiger partial charge in [0.1, 0.15) is 17.2 Å². The van der Waals surface area contributed by atoms with Crippen LogP contribution in [0.15, 0.2) is 72.8 Å². The molecule has 3 nitrogen and oxygen atoms in total. The van der Waals surface area contributed by atoms with Crippen molar-refractivity contribution in [2.24, 2.45) is 0 Å². The average Bonchev–Trinajstić information content (AvgIpc) is 3.67. The molecule has 2 saturated carbocycles. The van der Waals surface area contributed by atoms with Crippen molar-refractivity contribution in [1.82, 2.24) is 0 Å². The van der Waals surface area contributed by atoms with Crippen LogP contribution in [0.1, 0.15) is 36.5 Å². The maximum Gasteiger partial charge on any atom is 2.00 e. The molecule has 2 aliphatic rings. The molecule has 2 fully saturated rings. The fraction of sp³-hybridized carbons (Fsp3) is 0.118.